The van der Waals surface area contributed by atoms with Crippen molar-refractivity contribution < 1.29 is 4.79 Å². The SMILES string of the molecule is C#CCC(CC)NC(=O)c1csc(Br)c1. The van der Waals surface area contributed by atoms with Gasteiger partial charge < -0.3 is 5.32 Å². The summed E-state index contributed by atoms with van der Waals surface area (Å²) >= 11 is 4.82. The quantitative estimate of drug-likeness (QED) is 0.847. The molecule has 1 heterocycles. The normalized spacial score (nSPS) is 11.8. The molecule has 0 saturated heterocycles. The average Bonchev–Trinajstić information content (AvgIpc) is 2.64. The topological polar surface area (TPSA) is 29.1 Å². The Hall–Kier alpha value is -0.790. The largest absolute Gasteiger partial charge is 0.348 e. The summed E-state index contributed by atoms with van der Waals surface area (Å²) in [4.78, 5) is 11.7. The smallest absolute Gasteiger partial charge is 0.252 e. The fourth-order valence-electron chi connectivity index (χ4n) is 1.14. The Kier molecular flexibility index (Phi) is 4.86. The third-order valence-corrected chi connectivity index (χ3v) is 3.53. The number of nitrogens with one attached hydrogen (secondary N) is 1. The van der Waals surface area contributed by atoms with E-state index >= 15 is 0 Å². The van der Waals surface area contributed by atoms with Crippen LogP contribution < -0.4 is 5.32 Å². The second-order valence-corrected chi connectivity index (χ2v) is 5.42. The fraction of sp³-hybridized carbons (Fsp3) is 0.364. The Bertz CT molecular complexity index is 380. The Morgan fingerprint density at radius 2 is 2.53 bits per heavy atom. The maximum Gasteiger partial charge on any atom is 0.252 e. The average molecular weight is 286 g/mol. The number of terminal acetylenes is 1. The molecule has 0 bridgehead atoms. The summed E-state index contributed by atoms with van der Waals surface area (Å²) in [7, 11) is 0. The van der Waals surface area contributed by atoms with Gasteiger partial charge in [-0.05, 0) is 28.4 Å². The van der Waals surface area contributed by atoms with Crippen molar-refractivity contribution in [3.8, 4) is 12.3 Å². The van der Waals surface area contributed by atoms with Gasteiger partial charge in [0, 0.05) is 17.8 Å². The van der Waals surface area contributed by atoms with Crippen LogP contribution in [0.3, 0.4) is 0 Å². The second kappa shape index (κ2) is 5.94. The van der Waals surface area contributed by atoms with Crippen molar-refractivity contribution in [3.63, 3.8) is 0 Å². The molecule has 0 aliphatic heterocycles. The summed E-state index contributed by atoms with van der Waals surface area (Å²) in [6, 6.07) is 1.88. The van der Waals surface area contributed by atoms with Gasteiger partial charge in [0.1, 0.15) is 0 Å². The van der Waals surface area contributed by atoms with Crippen LogP contribution in [0.5, 0.6) is 0 Å². The molecule has 0 radical (unpaired) electrons. The summed E-state index contributed by atoms with van der Waals surface area (Å²) in [5, 5.41) is 4.72. The molecule has 0 aliphatic carbocycles. The van der Waals surface area contributed by atoms with Gasteiger partial charge >= 0.3 is 0 Å². The summed E-state index contributed by atoms with van der Waals surface area (Å²) in [5.74, 6) is 2.50. The van der Waals surface area contributed by atoms with Crippen molar-refractivity contribution in [3.05, 3.63) is 20.8 Å². The molecule has 2 nitrogen and oxygen atoms in total. The van der Waals surface area contributed by atoms with E-state index in [9.17, 15) is 4.79 Å². The van der Waals surface area contributed by atoms with Crippen LogP contribution in [0, 0.1) is 12.3 Å². The highest BCUT2D eigenvalue weighted by Gasteiger charge is 2.12. The molecule has 4 heteroatoms. The maximum atomic E-state index is 11.7. The van der Waals surface area contributed by atoms with Crippen LogP contribution in [0.4, 0.5) is 0 Å². The fourth-order valence-corrected chi connectivity index (χ4v) is 2.27. The number of hydrogen-bond acceptors (Lipinski definition) is 2. The highest BCUT2D eigenvalue weighted by atomic mass is 79.9. The summed E-state index contributed by atoms with van der Waals surface area (Å²) in [5.41, 5.74) is 0.683. The van der Waals surface area contributed by atoms with E-state index in [0.29, 0.717) is 12.0 Å². The zero-order valence-electron chi connectivity index (χ0n) is 8.42. The Morgan fingerprint density at radius 1 is 1.80 bits per heavy atom. The highest BCUT2D eigenvalue weighted by molar-refractivity contribution is 9.11. The first kappa shape index (κ1) is 12.3. The van der Waals surface area contributed by atoms with E-state index in [0.717, 1.165) is 10.2 Å². The molecular formula is C11H12BrNOS. The molecular weight excluding hydrogens is 274 g/mol. The van der Waals surface area contributed by atoms with Gasteiger partial charge in [0.25, 0.3) is 5.91 Å². The molecule has 1 unspecified atom stereocenters. The van der Waals surface area contributed by atoms with Gasteiger partial charge in [-0.1, -0.05) is 6.92 Å². The minimum atomic E-state index is -0.0564. The molecule has 1 atom stereocenters. The van der Waals surface area contributed by atoms with Gasteiger partial charge in [-0.2, -0.15) is 0 Å². The molecule has 0 spiro atoms. The molecule has 80 valence electrons. The molecule has 1 N–H and O–H groups in total. The molecule has 0 saturated carbocycles. The van der Waals surface area contributed by atoms with E-state index in [1.807, 2.05) is 18.4 Å². The van der Waals surface area contributed by atoms with E-state index in [1.165, 1.54) is 11.3 Å². The van der Waals surface area contributed by atoms with E-state index in [4.69, 9.17) is 6.42 Å². The van der Waals surface area contributed by atoms with Crippen LogP contribution in [-0.2, 0) is 0 Å². The zero-order valence-corrected chi connectivity index (χ0v) is 10.8. The van der Waals surface area contributed by atoms with E-state index in [1.54, 1.807) is 0 Å². The Labute approximate surface area is 102 Å². The molecule has 1 amide bonds. The predicted molar refractivity (Wildman–Crippen MR) is 67.0 cm³/mol. The van der Waals surface area contributed by atoms with Crippen LogP contribution in [0.2, 0.25) is 0 Å². The lowest BCUT2D eigenvalue weighted by molar-refractivity contribution is 0.0937. The first-order valence-corrected chi connectivity index (χ1v) is 6.33. The molecule has 1 aromatic rings. The number of thiophene rings is 1. The molecule has 1 rings (SSSR count). The maximum absolute atomic E-state index is 11.7. The van der Waals surface area contributed by atoms with Gasteiger partial charge in [-0.15, -0.1) is 23.7 Å². The first-order chi connectivity index (χ1) is 7.17. The minimum Gasteiger partial charge on any atom is -0.348 e. The Balaban J connectivity index is 2.59. The first-order valence-electron chi connectivity index (χ1n) is 4.65. The summed E-state index contributed by atoms with van der Waals surface area (Å²) in [6.07, 6.45) is 6.64. The molecule has 1 aromatic heterocycles. The predicted octanol–water partition coefficient (Wildman–Crippen LogP) is 3.04. The number of halogens is 1. The van der Waals surface area contributed by atoms with Crippen molar-refractivity contribution in [2.24, 2.45) is 0 Å². The lowest BCUT2D eigenvalue weighted by atomic mass is 10.1. The lowest BCUT2D eigenvalue weighted by Crippen LogP contribution is -2.33. The van der Waals surface area contributed by atoms with Gasteiger partial charge in [-0.3, -0.25) is 4.79 Å². The number of rotatable bonds is 4. The van der Waals surface area contributed by atoms with Crippen LogP contribution in [0.1, 0.15) is 30.1 Å². The summed E-state index contributed by atoms with van der Waals surface area (Å²) < 4.78 is 0.956. The second-order valence-electron chi connectivity index (χ2n) is 3.13. The molecule has 0 fully saturated rings. The number of carbonyl (C=O) groups is 1. The molecule has 0 aliphatic rings. The third kappa shape index (κ3) is 3.69. The minimum absolute atomic E-state index is 0.0564. The van der Waals surface area contributed by atoms with Crippen molar-refractivity contribution in [1.29, 1.82) is 0 Å². The number of carbonyl (C=O) groups excluding carboxylic acids is 1. The van der Waals surface area contributed by atoms with Gasteiger partial charge in [0.05, 0.1) is 9.35 Å². The van der Waals surface area contributed by atoms with Crippen LogP contribution in [0.25, 0.3) is 0 Å². The number of hydrogen-bond donors (Lipinski definition) is 1. The molecule has 0 aromatic carbocycles. The monoisotopic (exact) mass is 285 g/mol. The third-order valence-electron chi connectivity index (χ3n) is 2.02. The van der Waals surface area contributed by atoms with Crippen molar-refractivity contribution in [2.45, 2.75) is 25.8 Å². The van der Waals surface area contributed by atoms with Crippen LogP contribution >= 0.6 is 27.3 Å². The highest BCUT2D eigenvalue weighted by Crippen LogP contribution is 2.20. The van der Waals surface area contributed by atoms with Crippen molar-refractivity contribution in [2.75, 3.05) is 0 Å². The molecule has 15 heavy (non-hydrogen) atoms. The van der Waals surface area contributed by atoms with E-state index < -0.39 is 0 Å². The van der Waals surface area contributed by atoms with E-state index in [2.05, 4.69) is 27.2 Å². The number of amides is 1. The van der Waals surface area contributed by atoms with Crippen molar-refractivity contribution in [1.82, 2.24) is 5.32 Å². The van der Waals surface area contributed by atoms with Gasteiger partial charge in [0.15, 0.2) is 0 Å². The van der Waals surface area contributed by atoms with E-state index in [-0.39, 0.29) is 11.9 Å². The zero-order chi connectivity index (χ0) is 11.3. The van der Waals surface area contributed by atoms with Crippen LogP contribution in [-0.4, -0.2) is 11.9 Å². The van der Waals surface area contributed by atoms with Gasteiger partial charge in [-0.25, -0.2) is 0 Å². The summed E-state index contributed by atoms with van der Waals surface area (Å²) in [6.45, 7) is 2.01. The van der Waals surface area contributed by atoms with Crippen LogP contribution in [0.15, 0.2) is 15.2 Å². The lowest BCUT2D eigenvalue weighted by Gasteiger charge is -2.13. The standard InChI is InChI=1S/C11H12BrNOS/c1-3-5-9(4-2)13-11(14)8-6-10(12)15-7-8/h1,6-7,9H,4-5H2,2H3,(H,13,14). The van der Waals surface area contributed by atoms with Crippen molar-refractivity contribution >= 4 is 33.2 Å². The van der Waals surface area contributed by atoms with Gasteiger partial charge in [0.2, 0.25) is 0 Å². The Morgan fingerprint density at radius 3 is 3.00 bits per heavy atom.